The van der Waals surface area contributed by atoms with Crippen molar-refractivity contribution >= 4 is 23.2 Å². The summed E-state index contributed by atoms with van der Waals surface area (Å²) in [5, 5.41) is 1.04. The Morgan fingerprint density at radius 1 is 0.762 bits per heavy atom. The molecule has 21 heavy (non-hydrogen) atoms. The zero-order chi connectivity index (χ0) is 15.2. The van der Waals surface area contributed by atoms with Gasteiger partial charge in [-0.2, -0.15) is 0 Å². The first kappa shape index (κ1) is 15.6. The maximum atomic E-state index is 5.94. The quantitative estimate of drug-likeness (QED) is 0.735. The lowest BCUT2D eigenvalue weighted by atomic mass is 10.3. The first-order valence-electron chi connectivity index (χ1n) is 6.06. The Balaban J connectivity index is 1.95. The molecule has 2 aromatic carbocycles. The van der Waals surface area contributed by atoms with Crippen LogP contribution in [0.2, 0.25) is 10.0 Å². The summed E-state index contributed by atoms with van der Waals surface area (Å²) in [5.41, 5.74) is 0. The summed E-state index contributed by atoms with van der Waals surface area (Å²) in [7, 11) is 3.09. The standard InChI is InChI=1S/C15H14Cl2O4/c1-18-14-7-10(3-5-12(14)16)20-9-21-11-4-6-13(17)15(8-11)19-2/h3-8H,9H2,1-2H3. The first-order chi connectivity index (χ1) is 10.1. The highest BCUT2D eigenvalue weighted by Crippen LogP contribution is 2.30. The third kappa shape index (κ3) is 4.09. The summed E-state index contributed by atoms with van der Waals surface area (Å²) < 4.78 is 21.2. The molecule has 0 bridgehead atoms. The number of ether oxygens (including phenoxy) is 4. The molecular weight excluding hydrogens is 315 g/mol. The fraction of sp³-hybridized carbons (Fsp3) is 0.200. The van der Waals surface area contributed by atoms with Gasteiger partial charge in [0.15, 0.2) is 0 Å². The van der Waals surface area contributed by atoms with Crippen molar-refractivity contribution < 1.29 is 18.9 Å². The van der Waals surface area contributed by atoms with Gasteiger partial charge in [0.1, 0.15) is 23.0 Å². The monoisotopic (exact) mass is 328 g/mol. The lowest BCUT2D eigenvalue weighted by molar-refractivity contribution is 0.119. The van der Waals surface area contributed by atoms with Gasteiger partial charge in [-0.25, -0.2) is 0 Å². The fourth-order valence-electron chi connectivity index (χ4n) is 1.63. The summed E-state index contributed by atoms with van der Waals surface area (Å²) in [6, 6.07) is 10.2. The zero-order valence-electron chi connectivity index (χ0n) is 11.6. The van der Waals surface area contributed by atoms with Gasteiger partial charge in [0, 0.05) is 12.1 Å². The van der Waals surface area contributed by atoms with E-state index in [0.29, 0.717) is 33.0 Å². The molecule has 0 saturated heterocycles. The van der Waals surface area contributed by atoms with Gasteiger partial charge in [-0.15, -0.1) is 0 Å². The van der Waals surface area contributed by atoms with Gasteiger partial charge in [0.05, 0.1) is 24.3 Å². The van der Waals surface area contributed by atoms with Crippen LogP contribution in [0.4, 0.5) is 0 Å². The summed E-state index contributed by atoms with van der Waals surface area (Å²) >= 11 is 11.9. The van der Waals surface area contributed by atoms with Gasteiger partial charge in [-0.05, 0) is 24.3 Å². The summed E-state index contributed by atoms with van der Waals surface area (Å²) in [6.07, 6.45) is 0. The smallest absolute Gasteiger partial charge is 0.230 e. The van der Waals surface area contributed by atoms with Crippen LogP contribution in [0.3, 0.4) is 0 Å². The molecule has 0 N–H and O–H groups in total. The minimum Gasteiger partial charge on any atom is -0.495 e. The molecule has 0 saturated carbocycles. The minimum atomic E-state index is 0.0373. The highest BCUT2D eigenvalue weighted by Gasteiger charge is 2.05. The van der Waals surface area contributed by atoms with Gasteiger partial charge in [-0.3, -0.25) is 0 Å². The molecule has 0 atom stereocenters. The van der Waals surface area contributed by atoms with Crippen LogP contribution < -0.4 is 18.9 Å². The van der Waals surface area contributed by atoms with Crippen molar-refractivity contribution in [2.24, 2.45) is 0 Å². The van der Waals surface area contributed by atoms with Crippen molar-refractivity contribution in [1.29, 1.82) is 0 Å². The van der Waals surface area contributed by atoms with Crippen molar-refractivity contribution in [2.75, 3.05) is 21.0 Å². The van der Waals surface area contributed by atoms with Crippen LogP contribution in [-0.2, 0) is 0 Å². The van der Waals surface area contributed by atoms with Crippen molar-refractivity contribution in [3.8, 4) is 23.0 Å². The van der Waals surface area contributed by atoms with Crippen LogP contribution in [-0.4, -0.2) is 21.0 Å². The Morgan fingerprint density at radius 2 is 1.19 bits per heavy atom. The van der Waals surface area contributed by atoms with E-state index in [1.54, 1.807) is 50.6 Å². The maximum Gasteiger partial charge on any atom is 0.230 e. The van der Waals surface area contributed by atoms with Crippen LogP contribution in [0.15, 0.2) is 36.4 Å². The van der Waals surface area contributed by atoms with Crippen molar-refractivity contribution in [3.63, 3.8) is 0 Å². The Morgan fingerprint density at radius 3 is 1.57 bits per heavy atom. The molecular formula is C15H14Cl2O4. The summed E-state index contributed by atoms with van der Waals surface area (Å²) in [6.45, 7) is 0.0373. The molecule has 0 aromatic heterocycles. The first-order valence-corrected chi connectivity index (χ1v) is 6.82. The second kappa shape index (κ2) is 7.29. The summed E-state index contributed by atoms with van der Waals surface area (Å²) in [5.74, 6) is 2.28. The van der Waals surface area contributed by atoms with Gasteiger partial charge in [-0.1, -0.05) is 23.2 Å². The van der Waals surface area contributed by atoms with Crippen molar-refractivity contribution in [3.05, 3.63) is 46.4 Å². The zero-order valence-corrected chi connectivity index (χ0v) is 13.1. The van der Waals surface area contributed by atoms with E-state index in [4.69, 9.17) is 42.1 Å². The Bertz CT molecular complexity index is 563. The molecule has 0 spiro atoms. The van der Waals surface area contributed by atoms with Gasteiger partial charge < -0.3 is 18.9 Å². The van der Waals surface area contributed by atoms with E-state index in [9.17, 15) is 0 Å². The number of methoxy groups -OCH3 is 2. The molecule has 0 amide bonds. The van der Waals surface area contributed by atoms with E-state index in [1.807, 2.05) is 0 Å². The van der Waals surface area contributed by atoms with E-state index < -0.39 is 0 Å². The second-order valence-corrected chi connectivity index (χ2v) is 4.81. The molecule has 0 unspecified atom stereocenters. The van der Waals surface area contributed by atoms with Crippen LogP contribution in [0, 0.1) is 0 Å². The maximum absolute atomic E-state index is 5.94. The highest BCUT2D eigenvalue weighted by atomic mass is 35.5. The number of halogens is 2. The molecule has 4 nitrogen and oxygen atoms in total. The molecule has 0 radical (unpaired) electrons. The Labute approximate surface area is 133 Å². The Kier molecular flexibility index (Phi) is 5.42. The average molecular weight is 329 g/mol. The predicted molar refractivity (Wildman–Crippen MR) is 82.1 cm³/mol. The van der Waals surface area contributed by atoms with Crippen LogP contribution >= 0.6 is 23.2 Å². The van der Waals surface area contributed by atoms with E-state index in [1.165, 1.54) is 0 Å². The van der Waals surface area contributed by atoms with Crippen LogP contribution in [0.25, 0.3) is 0 Å². The fourth-order valence-corrected chi connectivity index (χ4v) is 2.01. The lowest BCUT2D eigenvalue weighted by Crippen LogP contribution is -2.05. The molecule has 0 aliphatic heterocycles. The van der Waals surface area contributed by atoms with Crippen molar-refractivity contribution in [1.82, 2.24) is 0 Å². The normalized spacial score (nSPS) is 10.1. The van der Waals surface area contributed by atoms with Gasteiger partial charge in [0.25, 0.3) is 0 Å². The topological polar surface area (TPSA) is 36.9 Å². The average Bonchev–Trinajstić information content (AvgIpc) is 2.50. The number of hydrogen-bond donors (Lipinski definition) is 0. The Hall–Kier alpha value is -1.78. The molecule has 0 fully saturated rings. The highest BCUT2D eigenvalue weighted by molar-refractivity contribution is 6.32. The molecule has 0 aliphatic carbocycles. The SMILES string of the molecule is COc1cc(OCOc2ccc(Cl)c(OC)c2)ccc1Cl. The van der Waals surface area contributed by atoms with Crippen LogP contribution in [0.5, 0.6) is 23.0 Å². The van der Waals surface area contributed by atoms with Crippen molar-refractivity contribution in [2.45, 2.75) is 0 Å². The second-order valence-electron chi connectivity index (χ2n) is 4.00. The third-order valence-corrected chi connectivity index (χ3v) is 3.32. The van der Waals surface area contributed by atoms with Crippen LogP contribution in [0.1, 0.15) is 0 Å². The minimum absolute atomic E-state index is 0.0373. The lowest BCUT2D eigenvalue weighted by Gasteiger charge is -2.11. The number of benzene rings is 2. The third-order valence-electron chi connectivity index (χ3n) is 2.70. The predicted octanol–water partition coefficient (Wildman–Crippen LogP) is 4.43. The van der Waals surface area contributed by atoms with E-state index >= 15 is 0 Å². The number of rotatable bonds is 6. The summed E-state index contributed by atoms with van der Waals surface area (Å²) in [4.78, 5) is 0. The van der Waals surface area contributed by atoms with E-state index in [-0.39, 0.29) is 6.79 Å². The molecule has 112 valence electrons. The molecule has 6 heteroatoms. The van der Waals surface area contributed by atoms with E-state index in [2.05, 4.69) is 0 Å². The molecule has 2 aromatic rings. The van der Waals surface area contributed by atoms with Gasteiger partial charge in [0.2, 0.25) is 6.79 Å². The van der Waals surface area contributed by atoms with E-state index in [0.717, 1.165) is 0 Å². The molecule has 2 rings (SSSR count). The largest absolute Gasteiger partial charge is 0.495 e. The molecule has 0 heterocycles. The van der Waals surface area contributed by atoms with Gasteiger partial charge >= 0.3 is 0 Å². The molecule has 0 aliphatic rings. The number of hydrogen-bond acceptors (Lipinski definition) is 4.